The fourth-order valence-corrected chi connectivity index (χ4v) is 2.58. The van der Waals surface area contributed by atoms with Gasteiger partial charge in [-0.05, 0) is 0 Å². The number of hydrogen-bond donors (Lipinski definition) is 0. The van der Waals surface area contributed by atoms with Crippen LogP contribution >= 0.6 is 0 Å². The second kappa shape index (κ2) is 3.67. The number of fused-ring (bicyclic) bond motifs is 1. The van der Waals surface area contributed by atoms with Crippen molar-refractivity contribution in [3.63, 3.8) is 0 Å². The average Bonchev–Trinajstić information content (AvgIpc) is 2.47. The molecule has 0 saturated carbocycles. The molecule has 0 N–H and O–H groups in total. The predicted molar refractivity (Wildman–Crippen MR) is 53.1 cm³/mol. The zero-order valence-electron chi connectivity index (χ0n) is 10.4. The van der Waals surface area contributed by atoms with Crippen molar-refractivity contribution >= 4 is 5.91 Å². The zero-order chi connectivity index (χ0) is 15.7. The van der Waals surface area contributed by atoms with Crippen molar-refractivity contribution in [2.24, 2.45) is 5.92 Å². The number of carbonyl (C=O) groups excluding carboxylic acids is 1. The minimum atomic E-state index is -5.56. The summed E-state index contributed by atoms with van der Waals surface area (Å²) in [6, 6.07) is 0. The van der Waals surface area contributed by atoms with Crippen LogP contribution in [0.15, 0.2) is 11.8 Å². The molecule has 1 fully saturated rings. The highest BCUT2D eigenvalue weighted by atomic mass is 19.3. The molecule has 20 heavy (non-hydrogen) atoms. The lowest BCUT2D eigenvalue weighted by Crippen LogP contribution is -2.68. The Morgan fingerprint density at radius 1 is 1.15 bits per heavy atom. The van der Waals surface area contributed by atoms with Gasteiger partial charge < -0.3 is 0 Å². The first-order valence-corrected chi connectivity index (χ1v) is 5.70. The van der Waals surface area contributed by atoms with Crippen LogP contribution in [0.4, 0.5) is 30.8 Å². The lowest BCUT2D eigenvalue weighted by Gasteiger charge is -2.43. The summed E-state index contributed by atoms with van der Waals surface area (Å²) in [4.78, 5) is 11.5. The van der Waals surface area contributed by atoms with Gasteiger partial charge in [0.2, 0.25) is 5.67 Å². The van der Waals surface area contributed by atoms with Crippen LogP contribution in [0, 0.1) is 5.92 Å². The molecular formula is C11H10F7NO. The van der Waals surface area contributed by atoms with E-state index >= 15 is 0 Å². The number of nitrogens with zero attached hydrogens (tertiary/aromatic N) is 1. The molecule has 9 heteroatoms. The smallest absolute Gasteiger partial charge is 0.268 e. The van der Waals surface area contributed by atoms with E-state index in [1.165, 1.54) is 0 Å². The van der Waals surface area contributed by atoms with Crippen LogP contribution in [0.25, 0.3) is 0 Å². The molecule has 2 unspecified atom stereocenters. The molecule has 1 aliphatic heterocycles. The molecule has 2 nitrogen and oxygen atoms in total. The summed E-state index contributed by atoms with van der Waals surface area (Å²) in [6.45, 7) is 1.66. The van der Waals surface area contributed by atoms with E-state index in [0.29, 0.717) is 0 Å². The van der Waals surface area contributed by atoms with E-state index in [-0.39, 0.29) is 6.08 Å². The van der Waals surface area contributed by atoms with Crippen LogP contribution in [-0.2, 0) is 4.79 Å². The van der Waals surface area contributed by atoms with Crippen LogP contribution in [0.5, 0.6) is 0 Å². The average molecular weight is 305 g/mol. The summed E-state index contributed by atoms with van der Waals surface area (Å²) in [5, 5.41) is -1.14. The minimum absolute atomic E-state index is 0.0962. The standard InChI is InChI=1S/C11H10F7NO/c1-5(2)9(14)7(20)19(18)6-3-4-8(12,13)11(16,17)10(6,9)15/h3,5H,4H2,1-2H3. The molecular weight excluding hydrogens is 295 g/mol. The normalized spacial score (nSPS) is 39.0. The lowest BCUT2D eigenvalue weighted by atomic mass is 9.70. The Kier molecular flexibility index (Phi) is 2.78. The Morgan fingerprint density at radius 3 is 2.10 bits per heavy atom. The zero-order valence-corrected chi connectivity index (χ0v) is 10.4. The van der Waals surface area contributed by atoms with Crippen LogP contribution in [0.3, 0.4) is 0 Å². The number of amides is 1. The number of rotatable bonds is 1. The van der Waals surface area contributed by atoms with Crippen molar-refractivity contribution in [2.75, 3.05) is 0 Å². The Morgan fingerprint density at radius 2 is 1.65 bits per heavy atom. The van der Waals surface area contributed by atoms with Crippen molar-refractivity contribution in [3.05, 3.63) is 11.8 Å². The fraction of sp³-hybridized carbons (Fsp3) is 0.727. The molecule has 1 heterocycles. The molecule has 0 aromatic heterocycles. The number of hydrogen-bond acceptors (Lipinski definition) is 1. The van der Waals surface area contributed by atoms with Gasteiger partial charge in [-0.15, -0.1) is 5.12 Å². The number of halogens is 7. The molecule has 0 aromatic carbocycles. The highest BCUT2D eigenvalue weighted by Crippen LogP contribution is 2.64. The summed E-state index contributed by atoms with van der Waals surface area (Å²) in [5.41, 5.74) is -10.6. The Labute approximate surface area is 109 Å². The van der Waals surface area contributed by atoms with Crippen LogP contribution < -0.4 is 0 Å². The van der Waals surface area contributed by atoms with Gasteiger partial charge in [0.25, 0.3) is 11.6 Å². The van der Waals surface area contributed by atoms with E-state index in [1.807, 2.05) is 0 Å². The van der Waals surface area contributed by atoms with E-state index in [9.17, 15) is 35.6 Å². The van der Waals surface area contributed by atoms with Gasteiger partial charge in [-0.3, -0.25) is 4.79 Å². The van der Waals surface area contributed by atoms with E-state index in [0.717, 1.165) is 13.8 Å². The number of allylic oxidation sites excluding steroid dienone is 2. The van der Waals surface area contributed by atoms with Gasteiger partial charge in [-0.1, -0.05) is 24.4 Å². The van der Waals surface area contributed by atoms with Crippen LogP contribution in [0.1, 0.15) is 20.3 Å². The van der Waals surface area contributed by atoms with Gasteiger partial charge >= 0.3 is 11.8 Å². The maximum Gasteiger partial charge on any atom is 0.353 e. The summed E-state index contributed by atoms with van der Waals surface area (Å²) < 4.78 is 96.8. The van der Waals surface area contributed by atoms with Gasteiger partial charge in [0, 0.05) is 12.3 Å². The van der Waals surface area contributed by atoms with E-state index < -0.39 is 52.2 Å². The van der Waals surface area contributed by atoms with E-state index in [4.69, 9.17) is 0 Å². The lowest BCUT2D eigenvalue weighted by molar-refractivity contribution is -0.290. The Hall–Kier alpha value is -1.28. The first-order valence-electron chi connectivity index (χ1n) is 5.70. The number of alkyl halides is 6. The summed E-state index contributed by atoms with van der Waals surface area (Å²) in [6.07, 6.45) is -1.60. The SMILES string of the molecule is CC(C)C1(F)C(=O)N(F)C2=CCC(F)(F)C(F)(F)C21F. The highest BCUT2D eigenvalue weighted by molar-refractivity contribution is 5.93. The van der Waals surface area contributed by atoms with Crippen molar-refractivity contribution in [1.82, 2.24) is 5.12 Å². The Balaban J connectivity index is 2.80. The van der Waals surface area contributed by atoms with Crippen LogP contribution in [-0.4, -0.2) is 34.2 Å². The third-order valence-corrected chi connectivity index (χ3v) is 3.79. The molecule has 0 spiro atoms. The monoisotopic (exact) mass is 305 g/mol. The molecule has 2 atom stereocenters. The van der Waals surface area contributed by atoms with Gasteiger partial charge in [0.1, 0.15) is 0 Å². The quantitative estimate of drug-likeness (QED) is 0.537. The Bertz CT molecular complexity index is 503. The van der Waals surface area contributed by atoms with E-state index in [2.05, 4.69) is 0 Å². The minimum Gasteiger partial charge on any atom is -0.268 e. The maximum atomic E-state index is 14.7. The summed E-state index contributed by atoms with van der Waals surface area (Å²) in [7, 11) is 0. The molecule has 0 bridgehead atoms. The topological polar surface area (TPSA) is 20.3 Å². The first-order chi connectivity index (χ1) is 8.85. The molecule has 2 rings (SSSR count). The van der Waals surface area contributed by atoms with Gasteiger partial charge in [-0.2, -0.15) is 17.6 Å². The fourth-order valence-electron chi connectivity index (χ4n) is 2.58. The molecule has 0 aromatic rings. The number of carbonyl (C=O) groups is 1. The van der Waals surface area contributed by atoms with Crippen molar-refractivity contribution in [1.29, 1.82) is 0 Å². The second-order valence-corrected chi connectivity index (χ2v) is 5.18. The van der Waals surface area contributed by atoms with Crippen molar-refractivity contribution < 1.29 is 35.6 Å². The third kappa shape index (κ3) is 1.24. The molecule has 1 saturated heterocycles. The molecule has 114 valence electrons. The maximum absolute atomic E-state index is 14.7. The van der Waals surface area contributed by atoms with Crippen molar-refractivity contribution in [3.8, 4) is 0 Å². The van der Waals surface area contributed by atoms with Crippen molar-refractivity contribution in [2.45, 2.75) is 43.5 Å². The molecule has 1 aliphatic carbocycles. The molecule has 2 aliphatic rings. The molecule has 0 radical (unpaired) electrons. The second-order valence-electron chi connectivity index (χ2n) is 5.18. The van der Waals surface area contributed by atoms with Gasteiger partial charge in [-0.25, -0.2) is 8.78 Å². The van der Waals surface area contributed by atoms with Crippen LogP contribution in [0.2, 0.25) is 0 Å². The summed E-state index contributed by atoms with van der Waals surface area (Å²) in [5.74, 6) is -14.5. The summed E-state index contributed by atoms with van der Waals surface area (Å²) >= 11 is 0. The highest BCUT2D eigenvalue weighted by Gasteiger charge is 2.87. The molecule has 1 amide bonds. The predicted octanol–water partition coefficient (Wildman–Crippen LogP) is 3.34. The third-order valence-electron chi connectivity index (χ3n) is 3.79. The van der Waals surface area contributed by atoms with Gasteiger partial charge in [0.15, 0.2) is 0 Å². The van der Waals surface area contributed by atoms with E-state index in [1.54, 1.807) is 0 Å². The first kappa shape index (κ1) is 15.1. The largest absolute Gasteiger partial charge is 0.353 e. The van der Waals surface area contributed by atoms with Gasteiger partial charge in [0.05, 0.1) is 5.70 Å².